The van der Waals surface area contributed by atoms with Gasteiger partial charge in [-0.2, -0.15) is 0 Å². The number of hydrogen-bond donors (Lipinski definition) is 0. The highest BCUT2D eigenvalue weighted by atomic mass is 28.4. The van der Waals surface area contributed by atoms with E-state index < -0.39 is 13.7 Å². The van der Waals surface area contributed by atoms with Crippen molar-refractivity contribution < 1.29 is 14.0 Å². The van der Waals surface area contributed by atoms with Crippen LogP contribution in [0.3, 0.4) is 0 Å². The molecule has 0 aromatic carbocycles. The van der Waals surface area contributed by atoms with Crippen LogP contribution in [0.1, 0.15) is 27.7 Å². The zero-order valence-corrected chi connectivity index (χ0v) is 12.0. The maximum absolute atomic E-state index is 11.7. The first-order valence-corrected chi connectivity index (χ1v) is 8.87. The standard InChI is InChI=1S/C11H24O3Si/c1-8-13-10(12)11(3,4)9(2)14-15(5,6)7/h9H,8H2,1-7H3. The van der Waals surface area contributed by atoms with Gasteiger partial charge in [0.2, 0.25) is 0 Å². The van der Waals surface area contributed by atoms with Gasteiger partial charge in [-0.15, -0.1) is 0 Å². The molecule has 3 nitrogen and oxygen atoms in total. The Morgan fingerprint density at radius 2 is 1.80 bits per heavy atom. The predicted octanol–water partition coefficient (Wildman–Crippen LogP) is 2.82. The Kier molecular flexibility index (Phi) is 5.00. The van der Waals surface area contributed by atoms with Crippen molar-refractivity contribution in [2.24, 2.45) is 5.41 Å². The van der Waals surface area contributed by atoms with Crippen molar-refractivity contribution >= 4 is 14.3 Å². The van der Waals surface area contributed by atoms with Gasteiger partial charge in [-0.1, -0.05) is 0 Å². The van der Waals surface area contributed by atoms with Crippen LogP contribution in [0.5, 0.6) is 0 Å². The zero-order chi connectivity index (χ0) is 12.3. The number of ether oxygens (including phenoxy) is 1. The number of esters is 1. The Labute approximate surface area is 94.3 Å². The van der Waals surface area contributed by atoms with Gasteiger partial charge in [-0.3, -0.25) is 4.79 Å². The van der Waals surface area contributed by atoms with Gasteiger partial charge in [-0.25, -0.2) is 0 Å². The molecule has 0 fully saturated rings. The highest BCUT2D eigenvalue weighted by molar-refractivity contribution is 6.69. The van der Waals surface area contributed by atoms with E-state index in [1.54, 1.807) is 0 Å². The lowest BCUT2D eigenvalue weighted by molar-refractivity contribution is -0.158. The van der Waals surface area contributed by atoms with Crippen molar-refractivity contribution in [2.45, 2.75) is 53.4 Å². The third kappa shape index (κ3) is 4.80. The molecule has 15 heavy (non-hydrogen) atoms. The monoisotopic (exact) mass is 232 g/mol. The van der Waals surface area contributed by atoms with Crippen molar-refractivity contribution in [1.29, 1.82) is 0 Å². The van der Waals surface area contributed by atoms with Gasteiger partial charge in [-0.05, 0) is 47.3 Å². The van der Waals surface area contributed by atoms with Crippen LogP contribution in [0.4, 0.5) is 0 Å². The van der Waals surface area contributed by atoms with Crippen LogP contribution >= 0.6 is 0 Å². The number of carbonyl (C=O) groups is 1. The molecule has 0 bridgehead atoms. The molecule has 0 aliphatic heterocycles. The van der Waals surface area contributed by atoms with Gasteiger partial charge >= 0.3 is 5.97 Å². The van der Waals surface area contributed by atoms with E-state index in [1.807, 2.05) is 27.7 Å². The second kappa shape index (κ2) is 5.12. The molecule has 0 aliphatic rings. The normalized spacial score (nSPS) is 14.9. The van der Waals surface area contributed by atoms with E-state index in [-0.39, 0.29) is 12.1 Å². The second-order valence-electron chi connectivity index (χ2n) is 5.31. The van der Waals surface area contributed by atoms with E-state index in [1.165, 1.54) is 0 Å². The molecule has 0 aromatic rings. The molecule has 0 saturated heterocycles. The van der Waals surface area contributed by atoms with Gasteiger partial charge < -0.3 is 9.16 Å². The SMILES string of the molecule is CCOC(=O)C(C)(C)C(C)O[Si](C)(C)C. The number of carbonyl (C=O) groups excluding carboxylic acids is 1. The third-order valence-electron chi connectivity index (χ3n) is 2.35. The number of rotatable bonds is 5. The summed E-state index contributed by atoms with van der Waals surface area (Å²) < 4.78 is 10.9. The van der Waals surface area contributed by atoms with Crippen molar-refractivity contribution in [3.05, 3.63) is 0 Å². The summed E-state index contributed by atoms with van der Waals surface area (Å²) in [5.74, 6) is -0.184. The average Bonchev–Trinajstić information content (AvgIpc) is 2.01. The van der Waals surface area contributed by atoms with Crippen molar-refractivity contribution in [1.82, 2.24) is 0 Å². The van der Waals surface area contributed by atoms with Gasteiger partial charge in [0, 0.05) is 0 Å². The highest BCUT2D eigenvalue weighted by Crippen LogP contribution is 2.27. The van der Waals surface area contributed by atoms with Crippen LogP contribution in [0.2, 0.25) is 19.6 Å². The van der Waals surface area contributed by atoms with E-state index in [0.29, 0.717) is 6.61 Å². The molecule has 0 aliphatic carbocycles. The lowest BCUT2D eigenvalue weighted by Gasteiger charge is -2.34. The molecule has 0 heterocycles. The summed E-state index contributed by atoms with van der Waals surface area (Å²) in [6.45, 7) is 14.3. The Morgan fingerprint density at radius 3 is 2.13 bits per heavy atom. The Hall–Kier alpha value is -0.353. The molecule has 0 spiro atoms. The summed E-state index contributed by atoms with van der Waals surface area (Å²) >= 11 is 0. The molecule has 0 amide bonds. The summed E-state index contributed by atoms with van der Waals surface area (Å²) in [5, 5.41) is 0. The van der Waals surface area contributed by atoms with E-state index in [2.05, 4.69) is 19.6 Å². The fourth-order valence-corrected chi connectivity index (χ4v) is 2.52. The molecule has 4 heteroatoms. The van der Waals surface area contributed by atoms with Crippen LogP contribution in [-0.2, 0) is 14.0 Å². The maximum atomic E-state index is 11.7. The summed E-state index contributed by atoms with van der Waals surface area (Å²) in [5.41, 5.74) is -0.573. The Morgan fingerprint density at radius 1 is 1.33 bits per heavy atom. The topological polar surface area (TPSA) is 35.5 Å². The molecule has 0 aromatic heterocycles. The minimum Gasteiger partial charge on any atom is -0.466 e. The van der Waals surface area contributed by atoms with E-state index in [9.17, 15) is 4.79 Å². The Bertz CT molecular complexity index is 218. The maximum Gasteiger partial charge on any atom is 0.314 e. The predicted molar refractivity (Wildman–Crippen MR) is 64.3 cm³/mol. The smallest absolute Gasteiger partial charge is 0.314 e. The first kappa shape index (κ1) is 14.6. The fraction of sp³-hybridized carbons (Fsp3) is 0.909. The summed E-state index contributed by atoms with van der Waals surface area (Å²) in [7, 11) is -1.61. The zero-order valence-electron chi connectivity index (χ0n) is 11.0. The lowest BCUT2D eigenvalue weighted by Crippen LogP contribution is -2.43. The van der Waals surface area contributed by atoms with Gasteiger partial charge in [0.05, 0.1) is 18.1 Å². The van der Waals surface area contributed by atoms with Crippen LogP contribution in [0.25, 0.3) is 0 Å². The molecule has 0 saturated carbocycles. The van der Waals surface area contributed by atoms with E-state index >= 15 is 0 Å². The third-order valence-corrected chi connectivity index (χ3v) is 3.41. The molecular formula is C11H24O3Si. The van der Waals surface area contributed by atoms with E-state index in [0.717, 1.165) is 0 Å². The molecule has 1 unspecified atom stereocenters. The average molecular weight is 232 g/mol. The fourth-order valence-electron chi connectivity index (χ4n) is 1.16. The highest BCUT2D eigenvalue weighted by Gasteiger charge is 2.38. The quantitative estimate of drug-likeness (QED) is 0.540. The summed E-state index contributed by atoms with van der Waals surface area (Å²) in [4.78, 5) is 11.7. The number of hydrogen-bond acceptors (Lipinski definition) is 3. The first-order chi connectivity index (χ1) is 6.61. The molecule has 0 N–H and O–H groups in total. The van der Waals surface area contributed by atoms with E-state index in [4.69, 9.17) is 9.16 Å². The lowest BCUT2D eigenvalue weighted by atomic mass is 9.88. The van der Waals surface area contributed by atoms with Crippen LogP contribution < -0.4 is 0 Å². The van der Waals surface area contributed by atoms with Crippen LogP contribution in [0, 0.1) is 5.41 Å². The molecule has 0 rings (SSSR count). The summed E-state index contributed by atoms with van der Waals surface area (Å²) in [6, 6.07) is 0. The van der Waals surface area contributed by atoms with Crippen LogP contribution in [-0.4, -0.2) is 27.0 Å². The molecular weight excluding hydrogens is 208 g/mol. The van der Waals surface area contributed by atoms with Crippen LogP contribution in [0.15, 0.2) is 0 Å². The molecule has 1 atom stereocenters. The van der Waals surface area contributed by atoms with Gasteiger partial charge in [0.1, 0.15) is 0 Å². The van der Waals surface area contributed by atoms with Crippen molar-refractivity contribution in [3.63, 3.8) is 0 Å². The minimum absolute atomic E-state index is 0.108. The minimum atomic E-state index is -1.61. The van der Waals surface area contributed by atoms with Crippen molar-refractivity contribution in [2.75, 3.05) is 6.61 Å². The van der Waals surface area contributed by atoms with Crippen molar-refractivity contribution in [3.8, 4) is 0 Å². The Balaban J connectivity index is 4.51. The molecule has 90 valence electrons. The van der Waals surface area contributed by atoms with Gasteiger partial charge in [0.15, 0.2) is 8.32 Å². The molecule has 0 radical (unpaired) electrons. The first-order valence-electron chi connectivity index (χ1n) is 5.46. The summed E-state index contributed by atoms with van der Waals surface area (Å²) in [6.07, 6.45) is -0.108. The second-order valence-corrected chi connectivity index (χ2v) is 9.78. The largest absolute Gasteiger partial charge is 0.466 e. The van der Waals surface area contributed by atoms with Gasteiger partial charge in [0.25, 0.3) is 0 Å².